The van der Waals surface area contributed by atoms with Crippen molar-refractivity contribution in [1.82, 2.24) is 5.32 Å². The lowest BCUT2D eigenvalue weighted by molar-refractivity contribution is -0.148. The molecule has 0 bridgehead atoms. The lowest BCUT2D eigenvalue weighted by Gasteiger charge is -2.30. The summed E-state index contributed by atoms with van der Waals surface area (Å²) in [5.74, 6) is 1.48. The van der Waals surface area contributed by atoms with Crippen molar-refractivity contribution in [2.45, 2.75) is 26.3 Å². The van der Waals surface area contributed by atoms with Gasteiger partial charge in [-0.2, -0.15) is 0 Å². The highest BCUT2D eigenvalue weighted by molar-refractivity contribution is 5.82. The largest absolute Gasteiger partial charge is 0.486 e. The van der Waals surface area contributed by atoms with E-state index < -0.39 is 5.54 Å². The number of hydrogen-bond acceptors (Lipinski definition) is 5. The third-order valence-corrected chi connectivity index (χ3v) is 3.58. The second-order valence-electron chi connectivity index (χ2n) is 5.75. The fraction of sp³-hybridized carbons (Fsp3) is 0.562. The molecule has 1 aliphatic heterocycles. The van der Waals surface area contributed by atoms with Gasteiger partial charge in [0.25, 0.3) is 0 Å². The maximum absolute atomic E-state index is 12.3. The summed E-state index contributed by atoms with van der Waals surface area (Å²) >= 11 is 0. The molecule has 0 saturated carbocycles. The van der Waals surface area contributed by atoms with Crippen LogP contribution in [0.1, 0.15) is 26.3 Å². The summed E-state index contributed by atoms with van der Waals surface area (Å²) in [6.45, 7) is 7.78. The van der Waals surface area contributed by atoms with Gasteiger partial charge in [0.1, 0.15) is 18.8 Å². The highest BCUT2D eigenvalue weighted by Gasteiger charge is 2.37. The van der Waals surface area contributed by atoms with Crippen LogP contribution < -0.4 is 14.8 Å². The number of esters is 1. The molecule has 21 heavy (non-hydrogen) atoms. The van der Waals surface area contributed by atoms with Gasteiger partial charge in [0, 0.05) is 0 Å². The first-order valence-electron chi connectivity index (χ1n) is 7.21. The van der Waals surface area contributed by atoms with Gasteiger partial charge in [-0.1, -0.05) is 19.9 Å². The number of carbonyl (C=O) groups excluding carboxylic acids is 1. The molecule has 0 radical (unpaired) electrons. The first-order chi connectivity index (χ1) is 9.97. The van der Waals surface area contributed by atoms with Crippen LogP contribution >= 0.6 is 0 Å². The summed E-state index contributed by atoms with van der Waals surface area (Å²) < 4.78 is 16.1. The first kappa shape index (κ1) is 15.6. The fourth-order valence-corrected chi connectivity index (χ4v) is 2.26. The zero-order valence-electron chi connectivity index (χ0n) is 13.1. The number of nitrogens with one attached hydrogen (secondary N) is 1. The highest BCUT2D eigenvalue weighted by Crippen LogP contribution is 2.34. The molecule has 1 heterocycles. The van der Waals surface area contributed by atoms with Crippen LogP contribution in [0.2, 0.25) is 0 Å². The van der Waals surface area contributed by atoms with Crippen molar-refractivity contribution in [3.8, 4) is 11.5 Å². The molecule has 1 aliphatic rings. The summed E-state index contributed by atoms with van der Waals surface area (Å²) in [6.07, 6.45) is 0. The summed E-state index contributed by atoms with van der Waals surface area (Å²) in [5.41, 5.74) is -0.103. The molecule has 1 N–H and O–H groups in total. The predicted molar refractivity (Wildman–Crippen MR) is 79.6 cm³/mol. The summed E-state index contributed by atoms with van der Waals surface area (Å²) in [7, 11) is 1.40. The molecule has 0 aliphatic carbocycles. The van der Waals surface area contributed by atoms with Crippen LogP contribution in [-0.4, -0.2) is 32.8 Å². The molecular formula is C16H23NO4. The van der Waals surface area contributed by atoms with Crippen molar-refractivity contribution >= 4 is 5.97 Å². The van der Waals surface area contributed by atoms with Gasteiger partial charge in [-0.3, -0.25) is 5.32 Å². The molecule has 116 valence electrons. The molecule has 2 rings (SSSR count). The van der Waals surface area contributed by atoms with E-state index in [4.69, 9.17) is 14.2 Å². The van der Waals surface area contributed by atoms with Crippen LogP contribution in [0.15, 0.2) is 18.2 Å². The number of fused-ring (bicyclic) bond motifs is 1. The van der Waals surface area contributed by atoms with Crippen LogP contribution in [0.25, 0.3) is 0 Å². The standard InChI is InChI=1S/C16H23NO4/c1-11(2)10-17-16(3,15(18)19-4)12-5-6-13-14(9-12)21-8-7-20-13/h5-6,9,11,17H,7-8,10H2,1-4H3. The molecule has 0 spiro atoms. The lowest BCUT2D eigenvalue weighted by Crippen LogP contribution is -2.48. The minimum absolute atomic E-state index is 0.320. The molecule has 1 atom stereocenters. The second kappa shape index (κ2) is 6.35. The van der Waals surface area contributed by atoms with Crippen molar-refractivity contribution in [2.75, 3.05) is 26.9 Å². The highest BCUT2D eigenvalue weighted by atomic mass is 16.6. The maximum Gasteiger partial charge on any atom is 0.330 e. The van der Waals surface area contributed by atoms with E-state index in [1.807, 2.05) is 25.1 Å². The first-order valence-corrected chi connectivity index (χ1v) is 7.21. The number of rotatable bonds is 5. The van der Waals surface area contributed by atoms with Crippen LogP contribution in [0, 0.1) is 5.92 Å². The summed E-state index contributed by atoms with van der Waals surface area (Å²) in [5, 5.41) is 3.30. The summed E-state index contributed by atoms with van der Waals surface area (Å²) in [6, 6.07) is 5.55. The van der Waals surface area contributed by atoms with Gasteiger partial charge in [-0.25, -0.2) is 4.79 Å². The minimum atomic E-state index is -0.908. The van der Waals surface area contributed by atoms with Crippen molar-refractivity contribution in [3.05, 3.63) is 23.8 Å². The van der Waals surface area contributed by atoms with Gasteiger partial charge in [0.2, 0.25) is 0 Å². The van der Waals surface area contributed by atoms with E-state index in [0.717, 1.165) is 5.56 Å². The Bertz CT molecular complexity index is 515. The van der Waals surface area contributed by atoms with Gasteiger partial charge in [0.15, 0.2) is 11.5 Å². The van der Waals surface area contributed by atoms with Gasteiger partial charge < -0.3 is 14.2 Å². The third kappa shape index (κ3) is 3.29. The molecule has 0 fully saturated rings. The molecular weight excluding hydrogens is 270 g/mol. The van der Waals surface area contributed by atoms with E-state index in [2.05, 4.69) is 19.2 Å². The quantitative estimate of drug-likeness (QED) is 0.843. The van der Waals surface area contributed by atoms with Crippen LogP contribution in [0.4, 0.5) is 0 Å². The maximum atomic E-state index is 12.3. The SMILES string of the molecule is COC(=O)C(C)(NCC(C)C)c1ccc2c(c1)OCCO2. The normalized spacial score (nSPS) is 16.4. The molecule has 0 aromatic heterocycles. The fourth-order valence-electron chi connectivity index (χ4n) is 2.26. The van der Waals surface area contributed by atoms with Crippen LogP contribution in [0.5, 0.6) is 11.5 Å². The molecule has 5 heteroatoms. The number of methoxy groups -OCH3 is 1. The Morgan fingerprint density at radius 2 is 2.00 bits per heavy atom. The molecule has 0 saturated heterocycles. The number of hydrogen-bond donors (Lipinski definition) is 1. The van der Waals surface area contributed by atoms with Crippen molar-refractivity contribution in [1.29, 1.82) is 0 Å². The van der Waals surface area contributed by atoms with E-state index in [1.54, 1.807) is 0 Å². The van der Waals surface area contributed by atoms with E-state index in [-0.39, 0.29) is 5.97 Å². The Morgan fingerprint density at radius 3 is 2.62 bits per heavy atom. The Hall–Kier alpha value is -1.75. The monoisotopic (exact) mass is 293 g/mol. The van der Waals surface area contributed by atoms with Crippen LogP contribution in [0.3, 0.4) is 0 Å². The van der Waals surface area contributed by atoms with Gasteiger partial charge in [-0.05, 0) is 37.1 Å². The van der Waals surface area contributed by atoms with E-state index in [1.165, 1.54) is 7.11 Å². The Balaban J connectivity index is 2.34. The predicted octanol–water partition coefficient (Wildman–Crippen LogP) is 2.09. The van der Waals surface area contributed by atoms with Crippen molar-refractivity contribution in [2.24, 2.45) is 5.92 Å². The molecule has 0 amide bonds. The Kier molecular flexibility index (Phi) is 4.73. The van der Waals surface area contributed by atoms with Gasteiger partial charge in [0.05, 0.1) is 7.11 Å². The van der Waals surface area contributed by atoms with Gasteiger partial charge >= 0.3 is 5.97 Å². The van der Waals surface area contributed by atoms with Crippen molar-refractivity contribution in [3.63, 3.8) is 0 Å². The average molecular weight is 293 g/mol. The number of benzene rings is 1. The zero-order valence-corrected chi connectivity index (χ0v) is 13.1. The topological polar surface area (TPSA) is 56.8 Å². The van der Waals surface area contributed by atoms with Crippen molar-refractivity contribution < 1.29 is 19.0 Å². The Labute approximate surface area is 125 Å². The van der Waals surface area contributed by atoms with E-state index >= 15 is 0 Å². The zero-order chi connectivity index (χ0) is 15.5. The number of carbonyl (C=O) groups is 1. The van der Waals surface area contributed by atoms with E-state index in [0.29, 0.717) is 37.2 Å². The lowest BCUT2D eigenvalue weighted by atomic mass is 9.91. The van der Waals surface area contributed by atoms with Gasteiger partial charge in [-0.15, -0.1) is 0 Å². The van der Waals surface area contributed by atoms with Crippen LogP contribution in [-0.2, 0) is 15.1 Å². The smallest absolute Gasteiger partial charge is 0.330 e. The Morgan fingerprint density at radius 1 is 1.33 bits per heavy atom. The molecule has 1 aromatic carbocycles. The summed E-state index contributed by atoms with van der Waals surface area (Å²) in [4.78, 5) is 12.3. The minimum Gasteiger partial charge on any atom is -0.486 e. The molecule has 1 aromatic rings. The third-order valence-electron chi connectivity index (χ3n) is 3.58. The van der Waals surface area contributed by atoms with E-state index in [9.17, 15) is 4.79 Å². The molecule has 1 unspecified atom stereocenters. The second-order valence-corrected chi connectivity index (χ2v) is 5.75. The molecule has 5 nitrogen and oxygen atoms in total. The average Bonchev–Trinajstić information content (AvgIpc) is 2.51. The number of ether oxygens (including phenoxy) is 3.